The standard InChI is InChI=1S/C20H24N6O/c1-3-7-16-17-18(25(2)24-16)19(27)23-20(22-17)21-13-14-8-6-9-15(12-14)26-10-4-5-11-26/h4,6,8-10,12H,3,5,7,11,13H2,1-2H3,(H2,21,22,23,27). The second kappa shape index (κ2) is 7.26. The third kappa shape index (κ3) is 3.45. The maximum Gasteiger partial charge on any atom is 0.278 e. The fraction of sp³-hybridized carbons (Fsp3) is 0.350. The molecule has 0 fully saturated rings. The maximum absolute atomic E-state index is 12.5. The Labute approximate surface area is 157 Å². The summed E-state index contributed by atoms with van der Waals surface area (Å²) in [5.74, 6) is 0.476. The number of fused-ring (bicyclic) bond motifs is 1. The largest absolute Gasteiger partial charge is 0.352 e. The van der Waals surface area contributed by atoms with Crippen molar-refractivity contribution in [1.82, 2.24) is 19.7 Å². The summed E-state index contributed by atoms with van der Waals surface area (Å²) in [7, 11) is 1.78. The number of aryl methyl sites for hydroxylation is 2. The molecule has 0 unspecified atom stereocenters. The Balaban J connectivity index is 1.57. The molecule has 140 valence electrons. The van der Waals surface area contributed by atoms with Gasteiger partial charge in [0.05, 0.1) is 5.69 Å². The first-order valence-electron chi connectivity index (χ1n) is 9.37. The van der Waals surface area contributed by atoms with Crippen molar-refractivity contribution in [1.29, 1.82) is 0 Å². The minimum atomic E-state index is -0.171. The predicted octanol–water partition coefficient (Wildman–Crippen LogP) is 2.95. The number of aromatic amines is 1. The van der Waals surface area contributed by atoms with Gasteiger partial charge in [0.2, 0.25) is 5.95 Å². The first-order valence-corrected chi connectivity index (χ1v) is 9.37. The summed E-state index contributed by atoms with van der Waals surface area (Å²) in [4.78, 5) is 22.2. The highest BCUT2D eigenvalue weighted by Crippen LogP contribution is 2.21. The Bertz CT molecular complexity index is 1050. The fourth-order valence-electron chi connectivity index (χ4n) is 3.47. The van der Waals surface area contributed by atoms with Crippen molar-refractivity contribution in [3.8, 4) is 0 Å². The lowest BCUT2D eigenvalue weighted by molar-refractivity contribution is 0.751. The van der Waals surface area contributed by atoms with Gasteiger partial charge in [0.25, 0.3) is 5.56 Å². The average molecular weight is 364 g/mol. The van der Waals surface area contributed by atoms with E-state index in [1.54, 1.807) is 11.7 Å². The topological polar surface area (TPSA) is 78.8 Å². The van der Waals surface area contributed by atoms with Crippen molar-refractivity contribution in [3.63, 3.8) is 0 Å². The van der Waals surface area contributed by atoms with Crippen molar-refractivity contribution in [2.24, 2.45) is 7.05 Å². The van der Waals surface area contributed by atoms with E-state index < -0.39 is 0 Å². The van der Waals surface area contributed by atoms with E-state index in [0.717, 1.165) is 37.1 Å². The molecule has 0 bridgehead atoms. The van der Waals surface area contributed by atoms with Crippen LogP contribution >= 0.6 is 0 Å². The van der Waals surface area contributed by atoms with E-state index in [2.05, 4.69) is 68.7 Å². The molecule has 1 aromatic carbocycles. The smallest absolute Gasteiger partial charge is 0.278 e. The number of nitrogens with zero attached hydrogens (tertiary/aromatic N) is 4. The number of aromatic nitrogens is 4. The number of H-pyrrole nitrogens is 1. The zero-order valence-electron chi connectivity index (χ0n) is 15.7. The molecule has 3 aromatic rings. The molecule has 0 aliphatic carbocycles. The van der Waals surface area contributed by atoms with Crippen LogP contribution in [0.5, 0.6) is 0 Å². The van der Waals surface area contributed by atoms with Crippen LogP contribution in [0.1, 0.15) is 31.0 Å². The lowest BCUT2D eigenvalue weighted by atomic mass is 10.2. The van der Waals surface area contributed by atoms with Crippen LogP contribution < -0.4 is 15.8 Å². The van der Waals surface area contributed by atoms with Crippen molar-refractivity contribution in [2.75, 3.05) is 16.8 Å². The molecule has 0 amide bonds. The molecule has 7 heteroatoms. The highest BCUT2D eigenvalue weighted by molar-refractivity contribution is 5.77. The van der Waals surface area contributed by atoms with Gasteiger partial charge in [-0.3, -0.25) is 14.5 Å². The molecule has 0 saturated heterocycles. The SMILES string of the molecule is CCCc1nn(C)c2c(=O)[nH]c(NCc3cccc(N4C=CCC4)c3)nc12. The molecule has 2 N–H and O–H groups in total. The third-order valence-electron chi connectivity index (χ3n) is 4.77. The van der Waals surface area contributed by atoms with Crippen LogP contribution in [0.2, 0.25) is 0 Å². The third-order valence-corrected chi connectivity index (χ3v) is 4.77. The summed E-state index contributed by atoms with van der Waals surface area (Å²) < 4.78 is 1.61. The zero-order chi connectivity index (χ0) is 18.8. The van der Waals surface area contributed by atoms with Gasteiger partial charge in [-0.1, -0.05) is 31.6 Å². The zero-order valence-corrected chi connectivity index (χ0v) is 15.7. The molecule has 1 aliphatic rings. The summed E-state index contributed by atoms with van der Waals surface area (Å²) in [6.07, 6.45) is 7.15. The number of benzene rings is 1. The van der Waals surface area contributed by atoms with Crippen LogP contribution in [0, 0.1) is 0 Å². The van der Waals surface area contributed by atoms with Crippen LogP contribution in [-0.2, 0) is 20.0 Å². The highest BCUT2D eigenvalue weighted by Gasteiger charge is 2.14. The first kappa shape index (κ1) is 17.3. The van der Waals surface area contributed by atoms with E-state index in [1.807, 2.05) is 0 Å². The Morgan fingerprint density at radius 1 is 1.33 bits per heavy atom. The van der Waals surface area contributed by atoms with Gasteiger partial charge in [0.15, 0.2) is 5.52 Å². The van der Waals surface area contributed by atoms with Crippen LogP contribution in [-0.4, -0.2) is 26.3 Å². The fourth-order valence-corrected chi connectivity index (χ4v) is 3.47. The number of hydrogen-bond donors (Lipinski definition) is 2. The molecule has 1 aliphatic heterocycles. The molecule has 0 saturated carbocycles. The summed E-state index contributed by atoms with van der Waals surface area (Å²) in [6, 6.07) is 8.39. The molecule has 7 nitrogen and oxygen atoms in total. The van der Waals surface area contributed by atoms with Crippen molar-refractivity contribution >= 4 is 22.7 Å². The molecular formula is C20H24N6O. The Kier molecular flexibility index (Phi) is 4.66. The molecule has 0 atom stereocenters. The summed E-state index contributed by atoms with van der Waals surface area (Å²) in [5, 5.41) is 7.70. The van der Waals surface area contributed by atoms with E-state index >= 15 is 0 Å². The van der Waals surface area contributed by atoms with Gasteiger partial charge in [-0.15, -0.1) is 0 Å². The van der Waals surface area contributed by atoms with Gasteiger partial charge in [0, 0.05) is 32.0 Å². The van der Waals surface area contributed by atoms with Gasteiger partial charge in [-0.2, -0.15) is 5.10 Å². The number of rotatable bonds is 6. The van der Waals surface area contributed by atoms with Gasteiger partial charge >= 0.3 is 0 Å². The first-order chi connectivity index (χ1) is 13.2. The second-order valence-corrected chi connectivity index (χ2v) is 6.82. The van der Waals surface area contributed by atoms with Gasteiger partial charge in [-0.25, -0.2) is 4.98 Å². The summed E-state index contributed by atoms with van der Waals surface area (Å²) in [6.45, 7) is 3.70. The lowest BCUT2D eigenvalue weighted by Crippen LogP contribution is -2.15. The quantitative estimate of drug-likeness (QED) is 0.703. The maximum atomic E-state index is 12.5. The van der Waals surface area contributed by atoms with Crippen LogP contribution in [0.3, 0.4) is 0 Å². The van der Waals surface area contributed by atoms with E-state index in [9.17, 15) is 4.79 Å². The summed E-state index contributed by atoms with van der Waals surface area (Å²) >= 11 is 0. The Morgan fingerprint density at radius 2 is 2.22 bits per heavy atom. The van der Waals surface area contributed by atoms with E-state index in [4.69, 9.17) is 0 Å². The number of hydrogen-bond acceptors (Lipinski definition) is 5. The van der Waals surface area contributed by atoms with Crippen molar-refractivity contribution < 1.29 is 0 Å². The van der Waals surface area contributed by atoms with Gasteiger partial charge in [0.1, 0.15) is 5.52 Å². The number of anilines is 2. The Hall–Kier alpha value is -3.09. The van der Waals surface area contributed by atoms with Crippen LogP contribution in [0.15, 0.2) is 41.3 Å². The Morgan fingerprint density at radius 3 is 3.00 bits per heavy atom. The van der Waals surface area contributed by atoms with Crippen molar-refractivity contribution in [3.05, 3.63) is 58.2 Å². The molecule has 0 spiro atoms. The minimum Gasteiger partial charge on any atom is -0.352 e. The van der Waals surface area contributed by atoms with E-state index in [1.165, 1.54) is 5.69 Å². The normalized spacial score (nSPS) is 13.6. The average Bonchev–Trinajstić information content (AvgIpc) is 3.30. The van der Waals surface area contributed by atoms with Gasteiger partial charge in [-0.05, 0) is 30.5 Å². The van der Waals surface area contributed by atoms with E-state index in [-0.39, 0.29) is 5.56 Å². The second-order valence-electron chi connectivity index (χ2n) is 6.82. The van der Waals surface area contributed by atoms with Crippen molar-refractivity contribution in [2.45, 2.75) is 32.7 Å². The highest BCUT2D eigenvalue weighted by atomic mass is 16.1. The monoisotopic (exact) mass is 364 g/mol. The minimum absolute atomic E-state index is 0.171. The van der Waals surface area contributed by atoms with Gasteiger partial charge < -0.3 is 10.2 Å². The number of nitrogens with one attached hydrogen (secondary N) is 2. The molecule has 2 aromatic heterocycles. The molecular weight excluding hydrogens is 340 g/mol. The molecule has 4 rings (SSSR count). The van der Waals surface area contributed by atoms with Crippen LogP contribution in [0.4, 0.5) is 11.6 Å². The molecule has 3 heterocycles. The lowest BCUT2D eigenvalue weighted by Gasteiger charge is -2.16. The molecule has 0 radical (unpaired) electrons. The molecule has 27 heavy (non-hydrogen) atoms. The van der Waals surface area contributed by atoms with Crippen LogP contribution in [0.25, 0.3) is 11.0 Å². The summed E-state index contributed by atoms with van der Waals surface area (Å²) in [5.41, 5.74) is 4.21. The van der Waals surface area contributed by atoms with E-state index in [0.29, 0.717) is 23.5 Å². The predicted molar refractivity (Wildman–Crippen MR) is 108 cm³/mol.